The predicted octanol–water partition coefficient (Wildman–Crippen LogP) is 0.862. The first kappa shape index (κ1) is 14.7. The molecule has 2 rings (SSSR count). The summed E-state index contributed by atoms with van der Waals surface area (Å²) in [5.74, 6) is -0.0147. The number of piperazine rings is 1. The maximum absolute atomic E-state index is 10.7. The van der Waals surface area contributed by atoms with Crippen LogP contribution < -0.4 is 4.90 Å². The van der Waals surface area contributed by atoms with Crippen LogP contribution in [0, 0.1) is 13.8 Å². The third-order valence-electron chi connectivity index (χ3n) is 3.78. The number of aliphatic carboxylic acids is 1. The van der Waals surface area contributed by atoms with Gasteiger partial charge in [-0.2, -0.15) is 0 Å². The van der Waals surface area contributed by atoms with Gasteiger partial charge in [-0.25, -0.2) is 9.97 Å². The average molecular weight is 278 g/mol. The van der Waals surface area contributed by atoms with E-state index < -0.39 is 5.97 Å². The fraction of sp³-hybridized carbons (Fsp3) is 0.643. The Labute approximate surface area is 119 Å². The van der Waals surface area contributed by atoms with Gasteiger partial charge < -0.3 is 14.9 Å². The van der Waals surface area contributed by atoms with Gasteiger partial charge in [-0.3, -0.25) is 4.79 Å². The topological polar surface area (TPSA) is 69.6 Å². The SMILES string of the molecule is Cc1nc(N2CCN(C)CC2)nc(C)c1CCC(=O)O. The number of hydrogen-bond donors (Lipinski definition) is 1. The highest BCUT2D eigenvalue weighted by Crippen LogP contribution is 2.18. The molecule has 0 aliphatic carbocycles. The molecule has 0 bridgehead atoms. The van der Waals surface area contributed by atoms with E-state index in [9.17, 15) is 4.79 Å². The van der Waals surface area contributed by atoms with Crippen molar-refractivity contribution in [2.24, 2.45) is 0 Å². The van der Waals surface area contributed by atoms with Crippen LogP contribution in [0.15, 0.2) is 0 Å². The molecular formula is C14H22N4O2. The van der Waals surface area contributed by atoms with Gasteiger partial charge in [0.2, 0.25) is 5.95 Å². The molecule has 1 N–H and O–H groups in total. The molecule has 1 aromatic heterocycles. The van der Waals surface area contributed by atoms with Crippen LogP contribution >= 0.6 is 0 Å². The fourth-order valence-electron chi connectivity index (χ4n) is 2.46. The van der Waals surface area contributed by atoms with Gasteiger partial charge in [-0.15, -0.1) is 0 Å². The molecule has 1 aliphatic heterocycles. The van der Waals surface area contributed by atoms with Crippen molar-refractivity contribution in [3.8, 4) is 0 Å². The Morgan fingerprint density at radius 2 is 1.70 bits per heavy atom. The van der Waals surface area contributed by atoms with Crippen molar-refractivity contribution in [2.75, 3.05) is 38.1 Å². The Balaban J connectivity index is 2.15. The van der Waals surface area contributed by atoms with Gasteiger partial charge in [0.05, 0.1) is 0 Å². The van der Waals surface area contributed by atoms with E-state index in [1.165, 1.54) is 0 Å². The molecule has 20 heavy (non-hydrogen) atoms. The molecule has 1 aliphatic rings. The number of carboxylic acid groups (broad SMARTS) is 1. The van der Waals surface area contributed by atoms with Gasteiger partial charge in [0.15, 0.2) is 0 Å². The van der Waals surface area contributed by atoms with Crippen molar-refractivity contribution in [1.29, 1.82) is 0 Å². The zero-order valence-corrected chi connectivity index (χ0v) is 12.4. The molecular weight excluding hydrogens is 256 g/mol. The van der Waals surface area contributed by atoms with Crippen LogP contribution in [0.25, 0.3) is 0 Å². The standard InChI is InChI=1S/C14H22N4O2/c1-10-12(4-5-13(19)20)11(2)16-14(15-10)18-8-6-17(3)7-9-18/h4-9H2,1-3H3,(H,19,20). The van der Waals surface area contributed by atoms with Gasteiger partial charge in [0.1, 0.15) is 0 Å². The van der Waals surface area contributed by atoms with E-state index in [0.717, 1.165) is 49.1 Å². The van der Waals surface area contributed by atoms with Crippen molar-refractivity contribution in [3.63, 3.8) is 0 Å². The molecule has 110 valence electrons. The second-order valence-electron chi connectivity index (χ2n) is 5.36. The smallest absolute Gasteiger partial charge is 0.303 e. The maximum Gasteiger partial charge on any atom is 0.303 e. The van der Waals surface area contributed by atoms with Crippen molar-refractivity contribution < 1.29 is 9.90 Å². The first-order valence-corrected chi connectivity index (χ1v) is 6.96. The summed E-state index contributed by atoms with van der Waals surface area (Å²) in [6.07, 6.45) is 0.620. The molecule has 6 heteroatoms. The summed E-state index contributed by atoms with van der Waals surface area (Å²) < 4.78 is 0. The van der Waals surface area contributed by atoms with E-state index in [4.69, 9.17) is 5.11 Å². The second kappa shape index (κ2) is 6.17. The first-order valence-electron chi connectivity index (χ1n) is 6.96. The summed E-state index contributed by atoms with van der Waals surface area (Å²) in [6, 6.07) is 0. The number of likely N-dealkylation sites (N-methyl/N-ethyl adjacent to an activating group) is 1. The Kier molecular flexibility index (Phi) is 4.54. The number of carbonyl (C=O) groups is 1. The van der Waals surface area contributed by atoms with Crippen molar-refractivity contribution in [2.45, 2.75) is 26.7 Å². The van der Waals surface area contributed by atoms with Crippen molar-refractivity contribution in [3.05, 3.63) is 17.0 Å². The molecule has 0 spiro atoms. The number of hydrogen-bond acceptors (Lipinski definition) is 5. The lowest BCUT2D eigenvalue weighted by atomic mass is 10.1. The molecule has 0 amide bonds. The van der Waals surface area contributed by atoms with Crippen LogP contribution in [0.1, 0.15) is 23.4 Å². The Morgan fingerprint density at radius 3 is 2.20 bits per heavy atom. The van der Waals surface area contributed by atoms with E-state index in [0.29, 0.717) is 6.42 Å². The molecule has 6 nitrogen and oxygen atoms in total. The van der Waals surface area contributed by atoms with Crippen molar-refractivity contribution >= 4 is 11.9 Å². The van der Waals surface area contributed by atoms with Crippen LogP contribution in [0.4, 0.5) is 5.95 Å². The fourth-order valence-corrected chi connectivity index (χ4v) is 2.46. The highest BCUT2D eigenvalue weighted by molar-refractivity contribution is 5.67. The molecule has 2 heterocycles. The summed E-state index contributed by atoms with van der Waals surface area (Å²) in [4.78, 5) is 24.3. The van der Waals surface area contributed by atoms with Crippen LogP contribution in [0.3, 0.4) is 0 Å². The van der Waals surface area contributed by atoms with E-state index in [2.05, 4.69) is 26.8 Å². The van der Waals surface area contributed by atoms with Crippen LogP contribution in [0.5, 0.6) is 0 Å². The van der Waals surface area contributed by atoms with Gasteiger partial charge in [0, 0.05) is 44.0 Å². The molecule has 0 aromatic carbocycles. The van der Waals surface area contributed by atoms with Crippen LogP contribution in [-0.2, 0) is 11.2 Å². The molecule has 0 radical (unpaired) electrons. The lowest BCUT2D eigenvalue weighted by molar-refractivity contribution is -0.136. The number of rotatable bonds is 4. The zero-order valence-electron chi connectivity index (χ0n) is 12.4. The second-order valence-corrected chi connectivity index (χ2v) is 5.36. The number of aryl methyl sites for hydroxylation is 2. The molecule has 1 saturated heterocycles. The number of aromatic nitrogens is 2. The van der Waals surface area contributed by atoms with Gasteiger partial charge in [0.25, 0.3) is 0 Å². The normalized spacial score (nSPS) is 16.4. The van der Waals surface area contributed by atoms with Crippen LogP contribution in [0.2, 0.25) is 0 Å². The van der Waals surface area contributed by atoms with E-state index in [-0.39, 0.29) is 6.42 Å². The Bertz CT molecular complexity index is 473. The predicted molar refractivity (Wildman–Crippen MR) is 77.2 cm³/mol. The highest BCUT2D eigenvalue weighted by atomic mass is 16.4. The Morgan fingerprint density at radius 1 is 1.15 bits per heavy atom. The largest absolute Gasteiger partial charge is 0.481 e. The zero-order chi connectivity index (χ0) is 14.7. The summed E-state index contributed by atoms with van der Waals surface area (Å²) in [5, 5.41) is 8.79. The molecule has 0 unspecified atom stereocenters. The Hall–Kier alpha value is -1.69. The van der Waals surface area contributed by atoms with E-state index in [1.54, 1.807) is 0 Å². The average Bonchev–Trinajstić information content (AvgIpc) is 2.38. The molecule has 0 atom stereocenters. The van der Waals surface area contributed by atoms with Gasteiger partial charge >= 0.3 is 5.97 Å². The van der Waals surface area contributed by atoms with E-state index in [1.807, 2.05) is 13.8 Å². The third-order valence-corrected chi connectivity index (χ3v) is 3.78. The maximum atomic E-state index is 10.7. The molecule has 0 saturated carbocycles. The van der Waals surface area contributed by atoms with Gasteiger partial charge in [-0.05, 0) is 32.9 Å². The summed E-state index contributed by atoms with van der Waals surface area (Å²) in [5.41, 5.74) is 2.76. The minimum atomic E-state index is -0.785. The van der Waals surface area contributed by atoms with Crippen LogP contribution in [-0.4, -0.2) is 59.2 Å². The minimum absolute atomic E-state index is 0.124. The molecule has 1 fully saturated rings. The number of anilines is 1. The number of carboxylic acids is 1. The third kappa shape index (κ3) is 3.45. The summed E-state index contributed by atoms with van der Waals surface area (Å²) in [7, 11) is 2.11. The highest BCUT2D eigenvalue weighted by Gasteiger charge is 2.18. The quantitative estimate of drug-likeness (QED) is 0.881. The van der Waals surface area contributed by atoms with Gasteiger partial charge in [-0.1, -0.05) is 0 Å². The lowest BCUT2D eigenvalue weighted by Gasteiger charge is -2.32. The van der Waals surface area contributed by atoms with E-state index >= 15 is 0 Å². The molecule has 1 aromatic rings. The van der Waals surface area contributed by atoms with Crippen molar-refractivity contribution in [1.82, 2.24) is 14.9 Å². The number of nitrogens with zero attached hydrogens (tertiary/aromatic N) is 4. The summed E-state index contributed by atoms with van der Waals surface area (Å²) in [6.45, 7) is 7.77. The first-order chi connectivity index (χ1) is 9.47. The monoisotopic (exact) mass is 278 g/mol. The lowest BCUT2D eigenvalue weighted by Crippen LogP contribution is -2.45. The summed E-state index contributed by atoms with van der Waals surface area (Å²) >= 11 is 0. The minimum Gasteiger partial charge on any atom is -0.481 e.